The number of aliphatic hydroxyl groups is 1. The van der Waals surface area contributed by atoms with Crippen molar-refractivity contribution >= 4 is 12.2 Å². The smallest absolute Gasteiger partial charge is 0.290 e. The summed E-state index contributed by atoms with van der Waals surface area (Å²) in [6.07, 6.45) is 0. The van der Waals surface area contributed by atoms with Crippen LogP contribution in [0.15, 0.2) is 41.7 Å². The SMILES string of the molecule is C/C(N)=C(\CO)Nc1ccccc1.O=CO. The van der Waals surface area contributed by atoms with E-state index in [2.05, 4.69) is 5.32 Å². The molecule has 0 aliphatic rings. The monoisotopic (exact) mass is 224 g/mol. The van der Waals surface area contributed by atoms with Crippen molar-refractivity contribution in [1.29, 1.82) is 0 Å². The van der Waals surface area contributed by atoms with Crippen LogP contribution in [0, 0.1) is 0 Å². The highest BCUT2D eigenvalue weighted by atomic mass is 16.3. The molecule has 0 aliphatic heterocycles. The number of anilines is 1. The molecule has 0 amide bonds. The van der Waals surface area contributed by atoms with Crippen molar-refractivity contribution in [3.05, 3.63) is 41.7 Å². The van der Waals surface area contributed by atoms with Crippen LogP contribution in [-0.4, -0.2) is 23.3 Å². The van der Waals surface area contributed by atoms with Crippen molar-refractivity contribution in [3.63, 3.8) is 0 Å². The predicted molar refractivity (Wildman–Crippen MR) is 62.7 cm³/mol. The largest absolute Gasteiger partial charge is 0.483 e. The van der Waals surface area contributed by atoms with Gasteiger partial charge in [0.2, 0.25) is 0 Å². The number of para-hydroxylation sites is 1. The van der Waals surface area contributed by atoms with E-state index in [1.807, 2.05) is 30.3 Å². The van der Waals surface area contributed by atoms with E-state index in [-0.39, 0.29) is 13.1 Å². The minimum absolute atomic E-state index is 0.0722. The second kappa shape index (κ2) is 8.31. The van der Waals surface area contributed by atoms with Crippen LogP contribution >= 0.6 is 0 Å². The summed E-state index contributed by atoms with van der Waals surface area (Å²) in [5.74, 6) is 0. The summed E-state index contributed by atoms with van der Waals surface area (Å²) < 4.78 is 0. The fraction of sp³-hybridized carbons (Fsp3) is 0.182. The highest BCUT2D eigenvalue weighted by Crippen LogP contribution is 2.09. The molecule has 1 rings (SSSR count). The summed E-state index contributed by atoms with van der Waals surface area (Å²) >= 11 is 0. The molecule has 1 aromatic rings. The van der Waals surface area contributed by atoms with Gasteiger partial charge in [-0.25, -0.2) is 0 Å². The quantitative estimate of drug-likeness (QED) is 0.574. The van der Waals surface area contributed by atoms with Gasteiger partial charge in [-0.15, -0.1) is 0 Å². The normalized spacial score (nSPS) is 10.6. The van der Waals surface area contributed by atoms with E-state index in [1.54, 1.807) is 6.92 Å². The minimum atomic E-state index is -0.250. The lowest BCUT2D eigenvalue weighted by Crippen LogP contribution is -2.10. The highest BCUT2D eigenvalue weighted by Gasteiger charge is 1.97. The molecular weight excluding hydrogens is 208 g/mol. The highest BCUT2D eigenvalue weighted by molar-refractivity contribution is 5.48. The van der Waals surface area contributed by atoms with Gasteiger partial charge in [-0.2, -0.15) is 0 Å². The molecule has 0 bridgehead atoms. The molecule has 16 heavy (non-hydrogen) atoms. The van der Waals surface area contributed by atoms with Gasteiger partial charge in [0, 0.05) is 11.4 Å². The zero-order valence-electron chi connectivity index (χ0n) is 9.05. The molecule has 0 heterocycles. The number of hydrogen-bond donors (Lipinski definition) is 4. The first-order valence-corrected chi connectivity index (χ1v) is 4.61. The van der Waals surface area contributed by atoms with Crippen molar-refractivity contribution in [2.75, 3.05) is 11.9 Å². The van der Waals surface area contributed by atoms with Crippen LogP contribution in [0.1, 0.15) is 6.92 Å². The first-order chi connectivity index (χ1) is 7.65. The Labute approximate surface area is 94.2 Å². The van der Waals surface area contributed by atoms with Gasteiger partial charge in [-0.1, -0.05) is 18.2 Å². The Morgan fingerprint density at radius 2 is 1.94 bits per heavy atom. The summed E-state index contributed by atoms with van der Waals surface area (Å²) in [6.45, 7) is 1.43. The Kier molecular flexibility index (Phi) is 7.27. The Hall–Kier alpha value is -2.01. The molecule has 5 N–H and O–H groups in total. The van der Waals surface area contributed by atoms with Gasteiger partial charge in [0.25, 0.3) is 6.47 Å². The molecule has 0 aliphatic carbocycles. The van der Waals surface area contributed by atoms with E-state index >= 15 is 0 Å². The van der Waals surface area contributed by atoms with E-state index in [1.165, 1.54) is 0 Å². The van der Waals surface area contributed by atoms with Crippen molar-refractivity contribution < 1.29 is 15.0 Å². The maximum atomic E-state index is 8.96. The number of hydrogen-bond acceptors (Lipinski definition) is 4. The van der Waals surface area contributed by atoms with Crippen molar-refractivity contribution in [1.82, 2.24) is 0 Å². The number of aliphatic hydroxyl groups excluding tert-OH is 1. The average Bonchev–Trinajstić information content (AvgIpc) is 2.28. The van der Waals surface area contributed by atoms with Gasteiger partial charge in [-0.05, 0) is 19.1 Å². The van der Waals surface area contributed by atoms with E-state index in [4.69, 9.17) is 20.7 Å². The summed E-state index contributed by atoms with van der Waals surface area (Å²) in [5, 5.41) is 18.9. The van der Waals surface area contributed by atoms with Crippen LogP contribution in [0.5, 0.6) is 0 Å². The maximum absolute atomic E-state index is 8.96. The number of carboxylic acid groups (broad SMARTS) is 1. The van der Waals surface area contributed by atoms with Crippen LogP contribution in [-0.2, 0) is 4.79 Å². The van der Waals surface area contributed by atoms with Crippen molar-refractivity contribution in [2.24, 2.45) is 5.73 Å². The molecule has 0 saturated carbocycles. The molecule has 0 radical (unpaired) electrons. The molecule has 88 valence electrons. The Morgan fingerprint density at radius 1 is 1.44 bits per heavy atom. The van der Waals surface area contributed by atoms with Crippen LogP contribution in [0.4, 0.5) is 5.69 Å². The molecule has 5 nitrogen and oxygen atoms in total. The van der Waals surface area contributed by atoms with E-state index in [0.717, 1.165) is 5.69 Å². The van der Waals surface area contributed by atoms with Gasteiger partial charge in [0.05, 0.1) is 12.3 Å². The minimum Gasteiger partial charge on any atom is -0.483 e. The van der Waals surface area contributed by atoms with Gasteiger partial charge in [-0.3, -0.25) is 4.79 Å². The molecule has 0 saturated heterocycles. The van der Waals surface area contributed by atoms with Crippen molar-refractivity contribution in [3.8, 4) is 0 Å². The number of allylic oxidation sites excluding steroid dienone is 1. The molecule has 5 heteroatoms. The average molecular weight is 224 g/mol. The van der Waals surface area contributed by atoms with E-state index in [0.29, 0.717) is 11.4 Å². The Bertz CT molecular complexity index is 332. The predicted octanol–water partition coefficient (Wildman–Crippen LogP) is 0.982. The van der Waals surface area contributed by atoms with Crippen LogP contribution in [0.3, 0.4) is 0 Å². The summed E-state index contributed by atoms with van der Waals surface area (Å²) in [6, 6.07) is 9.60. The number of nitrogens with one attached hydrogen (secondary N) is 1. The number of carbonyl (C=O) groups is 1. The fourth-order valence-electron chi connectivity index (χ4n) is 0.959. The maximum Gasteiger partial charge on any atom is 0.290 e. The second-order valence-electron chi connectivity index (χ2n) is 2.92. The molecule has 0 aromatic heterocycles. The summed E-state index contributed by atoms with van der Waals surface area (Å²) in [7, 11) is 0. The van der Waals surface area contributed by atoms with Crippen molar-refractivity contribution in [2.45, 2.75) is 6.92 Å². The fourth-order valence-corrected chi connectivity index (χ4v) is 0.959. The Morgan fingerprint density at radius 3 is 2.31 bits per heavy atom. The first kappa shape index (κ1) is 14.0. The zero-order chi connectivity index (χ0) is 12.4. The molecule has 0 unspecified atom stereocenters. The summed E-state index contributed by atoms with van der Waals surface area (Å²) in [4.78, 5) is 8.36. The lowest BCUT2D eigenvalue weighted by Gasteiger charge is -2.09. The number of benzene rings is 1. The lowest BCUT2D eigenvalue weighted by atomic mass is 10.3. The van der Waals surface area contributed by atoms with Crippen LogP contribution < -0.4 is 11.1 Å². The van der Waals surface area contributed by atoms with Gasteiger partial charge >= 0.3 is 0 Å². The third-order valence-electron chi connectivity index (χ3n) is 1.70. The van der Waals surface area contributed by atoms with Gasteiger partial charge in [0.15, 0.2) is 0 Å². The topological polar surface area (TPSA) is 95.6 Å². The second-order valence-corrected chi connectivity index (χ2v) is 2.92. The van der Waals surface area contributed by atoms with Crippen LogP contribution in [0.2, 0.25) is 0 Å². The third kappa shape index (κ3) is 5.66. The molecule has 0 fully saturated rings. The van der Waals surface area contributed by atoms with Gasteiger partial charge in [0.1, 0.15) is 0 Å². The Balaban J connectivity index is 0.000000673. The molecule has 0 atom stereocenters. The molecular formula is C11H16N2O3. The molecule has 1 aromatic carbocycles. The third-order valence-corrected chi connectivity index (χ3v) is 1.70. The van der Waals surface area contributed by atoms with Crippen LogP contribution in [0.25, 0.3) is 0 Å². The van der Waals surface area contributed by atoms with E-state index < -0.39 is 0 Å². The van der Waals surface area contributed by atoms with E-state index in [9.17, 15) is 0 Å². The summed E-state index contributed by atoms with van der Waals surface area (Å²) in [5.41, 5.74) is 7.73. The number of nitrogens with two attached hydrogens (primary N) is 1. The lowest BCUT2D eigenvalue weighted by molar-refractivity contribution is -0.122. The molecule has 0 spiro atoms. The standard InChI is InChI=1S/C10H14N2O.CH2O2/c1-8(11)10(7-13)12-9-5-3-2-4-6-9;2-1-3/h2-6,12-13H,7,11H2,1H3;1H,(H,2,3)/b10-8-;. The number of rotatable bonds is 3. The first-order valence-electron chi connectivity index (χ1n) is 4.61. The zero-order valence-corrected chi connectivity index (χ0v) is 9.05. The van der Waals surface area contributed by atoms with Gasteiger partial charge < -0.3 is 21.3 Å².